The van der Waals surface area contributed by atoms with Crippen LogP contribution in [-0.2, 0) is 17.8 Å². The first-order chi connectivity index (χ1) is 16.2. The minimum absolute atomic E-state index is 0.160. The lowest BCUT2D eigenvalue weighted by Gasteiger charge is -2.29. The molecule has 2 heterocycles. The molecule has 1 aliphatic heterocycles. The fourth-order valence-corrected chi connectivity index (χ4v) is 3.67. The quantitative estimate of drug-likeness (QED) is 0.550. The van der Waals surface area contributed by atoms with Gasteiger partial charge in [-0.15, -0.1) is 0 Å². The van der Waals surface area contributed by atoms with E-state index in [2.05, 4.69) is 25.6 Å². The minimum Gasteiger partial charge on any atom is -0.484 e. The van der Waals surface area contributed by atoms with Crippen LogP contribution in [0.3, 0.4) is 0 Å². The number of amides is 1. The molecular weight excluding hydrogens is 449 g/mol. The molecule has 0 bridgehead atoms. The van der Waals surface area contributed by atoms with Gasteiger partial charge in [0.1, 0.15) is 12.1 Å². The number of hydrogen-bond donors (Lipinski definition) is 2. The summed E-state index contributed by atoms with van der Waals surface area (Å²) in [7, 11) is 0. The third-order valence-corrected chi connectivity index (χ3v) is 5.33. The van der Waals surface area contributed by atoms with Crippen molar-refractivity contribution in [3.63, 3.8) is 0 Å². The van der Waals surface area contributed by atoms with Crippen LogP contribution in [0.4, 0.5) is 36.4 Å². The molecule has 1 aromatic heterocycles. The zero-order valence-corrected chi connectivity index (χ0v) is 18.6. The first-order valence-corrected chi connectivity index (χ1v) is 10.6. The van der Waals surface area contributed by atoms with E-state index in [0.717, 1.165) is 22.4 Å². The lowest BCUT2D eigenvalue weighted by Crippen LogP contribution is -2.32. The molecule has 4 rings (SSSR count). The molecule has 0 radical (unpaired) electrons. The number of anilines is 4. The van der Waals surface area contributed by atoms with Crippen molar-refractivity contribution in [2.24, 2.45) is 0 Å². The number of halogens is 3. The second-order valence-corrected chi connectivity index (χ2v) is 7.90. The Kier molecular flexibility index (Phi) is 6.53. The van der Waals surface area contributed by atoms with E-state index in [0.29, 0.717) is 37.1 Å². The lowest BCUT2D eigenvalue weighted by molar-refractivity contribution is -0.153. The van der Waals surface area contributed by atoms with Crippen molar-refractivity contribution < 1.29 is 22.7 Å². The zero-order chi connectivity index (χ0) is 24.3. The smallest absolute Gasteiger partial charge is 0.422 e. The number of carbonyl (C=O) groups excluding carboxylic acids is 1. The highest BCUT2D eigenvalue weighted by Crippen LogP contribution is 2.28. The lowest BCUT2D eigenvalue weighted by atomic mass is 10.00. The van der Waals surface area contributed by atoms with Gasteiger partial charge >= 0.3 is 6.18 Å². The highest BCUT2D eigenvalue weighted by Gasteiger charge is 2.28. The molecule has 0 aliphatic carbocycles. The van der Waals surface area contributed by atoms with Crippen LogP contribution < -0.4 is 20.3 Å². The Labute approximate surface area is 194 Å². The Morgan fingerprint density at radius 2 is 1.94 bits per heavy atom. The van der Waals surface area contributed by atoms with E-state index in [-0.39, 0.29) is 11.7 Å². The third kappa shape index (κ3) is 5.72. The van der Waals surface area contributed by atoms with Crippen LogP contribution in [0.2, 0.25) is 0 Å². The second kappa shape index (κ2) is 9.54. The van der Waals surface area contributed by atoms with Crippen molar-refractivity contribution in [1.29, 1.82) is 0 Å². The van der Waals surface area contributed by atoms with Gasteiger partial charge in [0.15, 0.2) is 6.61 Å². The summed E-state index contributed by atoms with van der Waals surface area (Å²) in [5, 5.41) is 5.96. The summed E-state index contributed by atoms with van der Waals surface area (Å²) in [4.78, 5) is 26.4. The second-order valence-electron chi connectivity index (χ2n) is 7.90. The van der Waals surface area contributed by atoms with Crippen molar-refractivity contribution in [3.05, 3.63) is 59.4 Å². The largest absolute Gasteiger partial charge is 0.484 e. The van der Waals surface area contributed by atoms with Gasteiger partial charge < -0.3 is 20.3 Å². The Bertz CT molecular complexity index is 1200. The van der Waals surface area contributed by atoms with Gasteiger partial charge in [-0.1, -0.05) is 12.1 Å². The van der Waals surface area contributed by atoms with E-state index in [1.165, 1.54) is 13.3 Å². The molecule has 0 unspecified atom stereocenters. The van der Waals surface area contributed by atoms with E-state index in [9.17, 15) is 18.0 Å². The van der Waals surface area contributed by atoms with Gasteiger partial charge in [0.05, 0.1) is 0 Å². The molecule has 1 amide bonds. The summed E-state index contributed by atoms with van der Waals surface area (Å²) in [5.74, 6) is 0.881. The normalized spacial score (nSPS) is 13.3. The minimum atomic E-state index is -4.37. The summed E-state index contributed by atoms with van der Waals surface area (Å²) >= 11 is 0. The highest BCUT2D eigenvalue weighted by molar-refractivity contribution is 5.90. The van der Waals surface area contributed by atoms with E-state index in [1.807, 2.05) is 30.0 Å². The SMILES string of the molecule is CC(=O)Nc1cccc(Nc2ncnc(N3CCc4cc(OCC(F)(F)F)ccc4C3)n2)c1C. The number of alkyl halides is 3. The summed E-state index contributed by atoms with van der Waals surface area (Å²) in [6.45, 7) is 3.12. The average Bonchev–Trinajstić information content (AvgIpc) is 2.79. The molecule has 1 aliphatic rings. The predicted molar refractivity (Wildman–Crippen MR) is 121 cm³/mol. The first kappa shape index (κ1) is 23.3. The van der Waals surface area contributed by atoms with Crippen molar-refractivity contribution in [3.8, 4) is 5.75 Å². The molecule has 8 nitrogen and oxygen atoms in total. The number of nitrogens with zero attached hydrogens (tertiary/aromatic N) is 4. The van der Waals surface area contributed by atoms with Crippen LogP contribution in [0.15, 0.2) is 42.7 Å². The van der Waals surface area contributed by atoms with Gasteiger partial charge in [0.2, 0.25) is 17.8 Å². The molecule has 0 fully saturated rings. The highest BCUT2D eigenvalue weighted by atomic mass is 19.4. The van der Waals surface area contributed by atoms with Gasteiger partial charge in [0, 0.05) is 31.4 Å². The standard InChI is InChI=1S/C23H23F3N6O2/c1-14-19(29-15(2)33)4-3-5-20(14)30-21-27-13-28-22(31-21)32-9-8-16-10-18(7-6-17(16)11-32)34-12-23(24,25)26/h3-7,10,13H,8-9,11-12H2,1-2H3,(H,29,33)(H,27,28,30,31). The first-order valence-electron chi connectivity index (χ1n) is 10.6. The molecule has 2 aromatic carbocycles. The van der Waals surface area contributed by atoms with Crippen LogP contribution >= 0.6 is 0 Å². The molecule has 178 valence electrons. The van der Waals surface area contributed by atoms with E-state index < -0.39 is 12.8 Å². The predicted octanol–water partition coefficient (Wildman–Crippen LogP) is 4.39. The molecule has 34 heavy (non-hydrogen) atoms. The number of nitrogens with one attached hydrogen (secondary N) is 2. The number of benzene rings is 2. The molecule has 0 spiro atoms. The van der Waals surface area contributed by atoms with Crippen LogP contribution in [0.1, 0.15) is 23.6 Å². The molecule has 11 heteroatoms. The Balaban J connectivity index is 1.47. The van der Waals surface area contributed by atoms with Crippen LogP contribution in [0, 0.1) is 6.92 Å². The third-order valence-electron chi connectivity index (χ3n) is 5.33. The van der Waals surface area contributed by atoms with Gasteiger partial charge in [-0.3, -0.25) is 4.79 Å². The van der Waals surface area contributed by atoms with Gasteiger partial charge in [0.25, 0.3) is 0 Å². The van der Waals surface area contributed by atoms with Crippen LogP contribution in [-0.4, -0.2) is 40.2 Å². The topological polar surface area (TPSA) is 92.3 Å². The van der Waals surface area contributed by atoms with Gasteiger partial charge in [-0.25, -0.2) is 9.97 Å². The Hall–Kier alpha value is -3.89. The fourth-order valence-electron chi connectivity index (χ4n) is 3.67. The summed E-state index contributed by atoms with van der Waals surface area (Å²) < 4.78 is 42.1. The molecule has 0 atom stereocenters. The van der Waals surface area contributed by atoms with E-state index in [4.69, 9.17) is 4.74 Å². The Morgan fingerprint density at radius 1 is 1.15 bits per heavy atom. The average molecular weight is 472 g/mol. The van der Waals surface area contributed by atoms with E-state index >= 15 is 0 Å². The molecule has 0 saturated heterocycles. The summed E-state index contributed by atoms with van der Waals surface area (Å²) in [6, 6.07) is 10.5. The van der Waals surface area contributed by atoms with E-state index in [1.54, 1.807) is 18.2 Å². The number of ether oxygens (including phenoxy) is 1. The molecular formula is C23H23F3N6O2. The van der Waals surface area contributed by atoms with Crippen molar-refractivity contribution in [2.75, 3.05) is 28.7 Å². The van der Waals surface area contributed by atoms with Gasteiger partial charge in [-0.2, -0.15) is 18.2 Å². The number of aromatic nitrogens is 3. The number of carbonyl (C=O) groups is 1. The maximum Gasteiger partial charge on any atom is 0.422 e. The number of hydrogen-bond acceptors (Lipinski definition) is 7. The summed E-state index contributed by atoms with van der Waals surface area (Å²) in [6.07, 6.45) is -2.34. The maximum absolute atomic E-state index is 12.4. The van der Waals surface area contributed by atoms with Crippen LogP contribution in [0.5, 0.6) is 5.75 Å². The number of fused-ring (bicyclic) bond motifs is 1. The monoisotopic (exact) mass is 472 g/mol. The van der Waals surface area contributed by atoms with Crippen molar-refractivity contribution in [1.82, 2.24) is 15.0 Å². The fraction of sp³-hybridized carbons (Fsp3) is 0.304. The van der Waals surface area contributed by atoms with Crippen molar-refractivity contribution in [2.45, 2.75) is 33.0 Å². The molecule has 0 saturated carbocycles. The van der Waals surface area contributed by atoms with Crippen molar-refractivity contribution >= 4 is 29.2 Å². The van der Waals surface area contributed by atoms with Gasteiger partial charge in [-0.05, 0) is 54.3 Å². The summed E-state index contributed by atoms with van der Waals surface area (Å²) in [5.41, 5.74) is 4.19. The Morgan fingerprint density at radius 3 is 2.71 bits per heavy atom. The number of rotatable bonds is 6. The zero-order valence-electron chi connectivity index (χ0n) is 18.6. The van der Waals surface area contributed by atoms with Crippen LogP contribution in [0.25, 0.3) is 0 Å². The molecule has 2 N–H and O–H groups in total. The molecule has 3 aromatic rings. The maximum atomic E-state index is 12.4.